The number of carbonyl (C=O) groups is 1. The van der Waals surface area contributed by atoms with Crippen LogP contribution in [-0.2, 0) is 6.54 Å². The Morgan fingerprint density at radius 2 is 1.85 bits per heavy atom. The molecule has 0 bridgehead atoms. The second kappa shape index (κ2) is 13.5. The van der Waals surface area contributed by atoms with Crippen molar-refractivity contribution < 1.29 is 18.3 Å². The summed E-state index contributed by atoms with van der Waals surface area (Å²) in [6.45, 7) is 5.44. The fourth-order valence-electron chi connectivity index (χ4n) is 2.85. The quantitative estimate of drug-likeness (QED) is 0.197. The number of benzene rings is 2. The maximum atomic E-state index is 13.7. The Balaban J connectivity index is 0.00000385. The van der Waals surface area contributed by atoms with E-state index < -0.39 is 0 Å². The number of carbonyl (C=O) groups excluding carboxylic acids is 1. The summed E-state index contributed by atoms with van der Waals surface area (Å²) in [7, 11) is 0. The Morgan fingerprint density at radius 3 is 2.52 bits per heavy atom. The van der Waals surface area contributed by atoms with Crippen LogP contribution in [-0.4, -0.2) is 31.1 Å². The molecule has 0 radical (unpaired) electrons. The zero-order chi connectivity index (χ0) is 22.8. The van der Waals surface area contributed by atoms with Gasteiger partial charge in [-0.2, -0.15) is 0 Å². The average molecular weight is 566 g/mol. The first-order valence-corrected chi connectivity index (χ1v) is 10.4. The van der Waals surface area contributed by atoms with Crippen LogP contribution in [0.25, 0.3) is 0 Å². The maximum Gasteiger partial charge on any atom is 0.291 e. The lowest BCUT2D eigenvalue weighted by Gasteiger charge is -2.18. The van der Waals surface area contributed by atoms with Crippen molar-refractivity contribution in [3.8, 4) is 5.75 Å². The van der Waals surface area contributed by atoms with Gasteiger partial charge in [-0.1, -0.05) is 24.3 Å². The number of rotatable bonds is 9. The summed E-state index contributed by atoms with van der Waals surface area (Å²) >= 11 is 0. The number of halogens is 2. The van der Waals surface area contributed by atoms with Gasteiger partial charge in [0.1, 0.15) is 6.10 Å². The molecule has 1 heterocycles. The van der Waals surface area contributed by atoms with Crippen LogP contribution in [0.15, 0.2) is 76.3 Å². The van der Waals surface area contributed by atoms with E-state index in [0.29, 0.717) is 31.3 Å². The number of hydrogen-bond acceptors (Lipinski definition) is 4. The molecule has 1 atom stereocenters. The minimum Gasteiger partial charge on any atom is -0.486 e. The third kappa shape index (κ3) is 8.41. The van der Waals surface area contributed by atoms with Crippen LogP contribution in [0.3, 0.4) is 0 Å². The van der Waals surface area contributed by atoms with Crippen molar-refractivity contribution in [1.29, 1.82) is 0 Å². The number of guanidine groups is 1. The van der Waals surface area contributed by atoms with Crippen molar-refractivity contribution in [1.82, 2.24) is 10.6 Å². The monoisotopic (exact) mass is 566 g/mol. The third-order valence-corrected chi connectivity index (χ3v) is 4.44. The first-order chi connectivity index (χ1) is 15.5. The van der Waals surface area contributed by atoms with E-state index in [0.717, 1.165) is 5.56 Å². The SMILES string of the molecule is CCNC(=NCc1ccc(NC(=O)c2ccco2)cc1)NCC(C)Oc1ccccc1F.I. The van der Waals surface area contributed by atoms with E-state index in [4.69, 9.17) is 9.15 Å². The number of ether oxygens (including phenoxy) is 1. The van der Waals surface area contributed by atoms with E-state index in [-0.39, 0.29) is 53.3 Å². The van der Waals surface area contributed by atoms with Gasteiger partial charge in [-0.05, 0) is 55.8 Å². The highest BCUT2D eigenvalue weighted by molar-refractivity contribution is 14.0. The van der Waals surface area contributed by atoms with Gasteiger partial charge in [-0.15, -0.1) is 24.0 Å². The number of hydrogen-bond donors (Lipinski definition) is 3. The molecule has 0 spiro atoms. The normalized spacial score (nSPS) is 11.8. The Labute approximate surface area is 209 Å². The molecule has 0 fully saturated rings. The van der Waals surface area contributed by atoms with Crippen LogP contribution in [0.2, 0.25) is 0 Å². The number of para-hydroxylation sites is 1. The van der Waals surface area contributed by atoms with Gasteiger partial charge < -0.3 is 25.1 Å². The van der Waals surface area contributed by atoms with E-state index in [2.05, 4.69) is 20.9 Å². The van der Waals surface area contributed by atoms with Gasteiger partial charge in [0.15, 0.2) is 23.3 Å². The van der Waals surface area contributed by atoms with E-state index in [9.17, 15) is 9.18 Å². The van der Waals surface area contributed by atoms with Crippen molar-refractivity contribution in [2.75, 3.05) is 18.4 Å². The summed E-state index contributed by atoms with van der Waals surface area (Å²) in [6, 6.07) is 17.0. The molecule has 1 aromatic heterocycles. The fraction of sp³-hybridized carbons (Fsp3) is 0.250. The molecule has 0 aliphatic heterocycles. The van der Waals surface area contributed by atoms with Gasteiger partial charge in [0.2, 0.25) is 0 Å². The van der Waals surface area contributed by atoms with Gasteiger partial charge in [-0.3, -0.25) is 4.79 Å². The molecule has 0 saturated heterocycles. The van der Waals surface area contributed by atoms with E-state index in [1.807, 2.05) is 38.1 Å². The minimum absolute atomic E-state index is 0. The predicted molar refractivity (Wildman–Crippen MR) is 138 cm³/mol. The van der Waals surface area contributed by atoms with E-state index in [1.165, 1.54) is 12.3 Å². The average Bonchev–Trinajstić information content (AvgIpc) is 3.33. The Bertz CT molecular complexity index is 1030. The molecular formula is C24H28FIN4O3. The van der Waals surface area contributed by atoms with Gasteiger partial charge >= 0.3 is 0 Å². The summed E-state index contributed by atoms with van der Waals surface area (Å²) in [4.78, 5) is 16.6. The number of aliphatic imine (C=N–C) groups is 1. The molecule has 33 heavy (non-hydrogen) atoms. The van der Waals surface area contributed by atoms with Crippen LogP contribution >= 0.6 is 24.0 Å². The van der Waals surface area contributed by atoms with Crippen molar-refractivity contribution >= 4 is 41.5 Å². The summed E-state index contributed by atoms with van der Waals surface area (Å²) < 4.78 is 24.5. The lowest BCUT2D eigenvalue weighted by atomic mass is 10.2. The summed E-state index contributed by atoms with van der Waals surface area (Å²) in [5.74, 6) is 0.428. The lowest BCUT2D eigenvalue weighted by Crippen LogP contribution is -2.41. The summed E-state index contributed by atoms with van der Waals surface area (Å²) in [5.41, 5.74) is 1.65. The molecule has 7 nitrogen and oxygen atoms in total. The lowest BCUT2D eigenvalue weighted by molar-refractivity contribution is 0.0996. The van der Waals surface area contributed by atoms with Gasteiger partial charge in [0, 0.05) is 12.2 Å². The summed E-state index contributed by atoms with van der Waals surface area (Å²) in [5, 5.41) is 9.17. The smallest absolute Gasteiger partial charge is 0.291 e. The molecule has 1 amide bonds. The van der Waals surface area contributed by atoms with Crippen LogP contribution in [0.1, 0.15) is 30.0 Å². The molecule has 0 saturated carbocycles. The second-order valence-electron chi connectivity index (χ2n) is 7.06. The van der Waals surface area contributed by atoms with Crippen LogP contribution in [0, 0.1) is 5.82 Å². The number of nitrogens with one attached hydrogen (secondary N) is 3. The fourth-order valence-corrected chi connectivity index (χ4v) is 2.85. The number of nitrogens with zero attached hydrogens (tertiary/aromatic N) is 1. The number of anilines is 1. The largest absolute Gasteiger partial charge is 0.486 e. The molecule has 3 aromatic rings. The van der Waals surface area contributed by atoms with Crippen molar-refractivity contribution in [2.45, 2.75) is 26.5 Å². The third-order valence-electron chi connectivity index (χ3n) is 4.44. The highest BCUT2D eigenvalue weighted by atomic mass is 127. The van der Waals surface area contributed by atoms with Gasteiger partial charge in [0.05, 0.1) is 19.4 Å². The van der Waals surface area contributed by atoms with Gasteiger partial charge in [0.25, 0.3) is 5.91 Å². The summed E-state index contributed by atoms with van der Waals surface area (Å²) in [6.07, 6.45) is 1.20. The number of amides is 1. The molecule has 2 aromatic carbocycles. The first-order valence-electron chi connectivity index (χ1n) is 10.4. The predicted octanol–water partition coefficient (Wildman–Crippen LogP) is 4.81. The van der Waals surface area contributed by atoms with Gasteiger partial charge in [-0.25, -0.2) is 9.38 Å². The molecule has 3 N–H and O–H groups in total. The van der Waals surface area contributed by atoms with E-state index in [1.54, 1.807) is 30.3 Å². The van der Waals surface area contributed by atoms with Crippen LogP contribution in [0.4, 0.5) is 10.1 Å². The van der Waals surface area contributed by atoms with Crippen molar-refractivity contribution in [2.24, 2.45) is 4.99 Å². The van der Waals surface area contributed by atoms with Crippen molar-refractivity contribution in [3.05, 3.63) is 84.1 Å². The maximum absolute atomic E-state index is 13.7. The Hall–Kier alpha value is -3.08. The van der Waals surface area contributed by atoms with Crippen molar-refractivity contribution in [3.63, 3.8) is 0 Å². The second-order valence-corrected chi connectivity index (χ2v) is 7.06. The molecule has 0 aliphatic carbocycles. The highest BCUT2D eigenvalue weighted by Crippen LogP contribution is 2.17. The number of furan rings is 1. The topological polar surface area (TPSA) is 87.9 Å². The molecule has 1 unspecified atom stereocenters. The Kier molecular flexibility index (Phi) is 10.7. The molecular weight excluding hydrogens is 538 g/mol. The molecule has 3 rings (SSSR count). The zero-order valence-electron chi connectivity index (χ0n) is 18.5. The van der Waals surface area contributed by atoms with Crippen LogP contribution in [0.5, 0.6) is 5.75 Å². The first kappa shape index (κ1) is 26.2. The highest BCUT2D eigenvalue weighted by Gasteiger charge is 2.10. The van der Waals surface area contributed by atoms with Crippen LogP contribution < -0.4 is 20.7 Å². The molecule has 0 aliphatic rings. The Morgan fingerprint density at radius 1 is 1.09 bits per heavy atom. The van der Waals surface area contributed by atoms with E-state index >= 15 is 0 Å². The molecule has 9 heteroatoms. The standard InChI is InChI=1S/C24H27FN4O3.HI/c1-3-26-24(27-15-17(2)32-21-8-5-4-7-20(21)25)28-16-18-10-12-19(13-11-18)29-23(30)22-9-6-14-31-22;/h4-14,17H,3,15-16H2,1-2H3,(H,29,30)(H2,26,27,28);1H. The molecule has 176 valence electrons. The zero-order valence-corrected chi connectivity index (χ0v) is 20.8. The minimum atomic E-state index is -0.385.